The van der Waals surface area contributed by atoms with E-state index in [4.69, 9.17) is 5.26 Å². The molecule has 0 radical (unpaired) electrons. The van der Waals surface area contributed by atoms with Crippen molar-refractivity contribution in [3.8, 4) is 6.07 Å². The van der Waals surface area contributed by atoms with Gasteiger partial charge in [-0.05, 0) is 35.7 Å². The summed E-state index contributed by atoms with van der Waals surface area (Å²) in [6.45, 7) is 2.29. The first-order valence-electron chi connectivity index (χ1n) is 6.58. The van der Waals surface area contributed by atoms with E-state index in [9.17, 15) is 8.42 Å². The van der Waals surface area contributed by atoms with Crippen LogP contribution in [0.4, 0.5) is 0 Å². The summed E-state index contributed by atoms with van der Waals surface area (Å²) in [4.78, 5) is 0.168. The first-order chi connectivity index (χ1) is 10.0. The van der Waals surface area contributed by atoms with Gasteiger partial charge in [-0.3, -0.25) is 0 Å². The van der Waals surface area contributed by atoms with E-state index in [0.29, 0.717) is 12.1 Å². The number of nitriles is 1. The van der Waals surface area contributed by atoms with Crippen molar-refractivity contribution in [2.75, 3.05) is 6.54 Å². The van der Waals surface area contributed by atoms with Gasteiger partial charge in [0.1, 0.15) is 0 Å². The molecular formula is C16H16N2O2S. The molecule has 21 heavy (non-hydrogen) atoms. The zero-order chi connectivity index (χ0) is 15.3. The molecule has 108 valence electrons. The quantitative estimate of drug-likeness (QED) is 0.922. The monoisotopic (exact) mass is 300 g/mol. The number of hydrogen-bond acceptors (Lipinski definition) is 3. The van der Waals surface area contributed by atoms with Crippen molar-refractivity contribution in [2.45, 2.75) is 17.7 Å². The maximum Gasteiger partial charge on any atom is 0.240 e. The van der Waals surface area contributed by atoms with Crippen LogP contribution in [0.5, 0.6) is 0 Å². The number of nitrogens with one attached hydrogen (secondary N) is 1. The Morgan fingerprint density at radius 2 is 1.71 bits per heavy atom. The fourth-order valence-electron chi connectivity index (χ4n) is 1.93. The highest BCUT2D eigenvalue weighted by atomic mass is 32.2. The molecule has 4 nitrogen and oxygen atoms in total. The average molecular weight is 300 g/mol. The molecule has 0 aliphatic heterocycles. The van der Waals surface area contributed by atoms with Gasteiger partial charge in [-0.1, -0.05) is 37.3 Å². The third kappa shape index (κ3) is 3.91. The Morgan fingerprint density at radius 3 is 2.29 bits per heavy atom. The number of sulfonamides is 1. The van der Waals surface area contributed by atoms with Gasteiger partial charge in [-0.15, -0.1) is 0 Å². The average Bonchev–Trinajstić information content (AvgIpc) is 2.53. The Bertz CT molecular complexity index is 732. The van der Waals surface area contributed by atoms with Crippen molar-refractivity contribution in [1.29, 1.82) is 5.26 Å². The molecule has 2 aromatic carbocycles. The predicted octanol–water partition coefficient (Wildman–Crippen LogP) is 2.64. The molecule has 0 saturated heterocycles. The van der Waals surface area contributed by atoms with Crippen molar-refractivity contribution in [3.05, 3.63) is 65.7 Å². The van der Waals surface area contributed by atoms with Gasteiger partial charge in [0, 0.05) is 6.54 Å². The van der Waals surface area contributed by atoms with Gasteiger partial charge in [-0.25, -0.2) is 13.1 Å². The third-order valence-electron chi connectivity index (χ3n) is 3.24. The molecule has 5 heteroatoms. The van der Waals surface area contributed by atoms with Gasteiger partial charge < -0.3 is 0 Å². The summed E-state index contributed by atoms with van der Waals surface area (Å²) in [5, 5.41) is 8.72. The Balaban J connectivity index is 2.06. The second-order valence-electron chi connectivity index (χ2n) is 4.80. The molecule has 1 atom stereocenters. The number of rotatable bonds is 5. The minimum atomic E-state index is -3.55. The minimum Gasteiger partial charge on any atom is -0.211 e. The SMILES string of the molecule is CC(CNS(=O)(=O)c1ccc(C#N)cc1)c1ccccc1. The van der Waals surface area contributed by atoms with E-state index < -0.39 is 10.0 Å². The molecule has 0 aliphatic rings. The lowest BCUT2D eigenvalue weighted by atomic mass is 10.0. The van der Waals surface area contributed by atoms with Gasteiger partial charge in [0.05, 0.1) is 16.5 Å². The lowest BCUT2D eigenvalue weighted by Gasteiger charge is -2.13. The second-order valence-corrected chi connectivity index (χ2v) is 6.57. The molecule has 0 amide bonds. The molecule has 1 unspecified atom stereocenters. The maximum atomic E-state index is 12.2. The van der Waals surface area contributed by atoms with Gasteiger partial charge in [0.15, 0.2) is 0 Å². The Hall–Kier alpha value is -2.16. The highest BCUT2D eigenvalue weighted by Crippen LogP contribution is 2.15. The third-order valence-corrected chi connectivity index (χ3v) is 4.68. The second kappa shape index (κ2) is 6.53. The Labute approximate surface area is 125 Å². The van der Waals surface area contributed by atoms with Crippen LogP contribution in [0.15, 0.2) is 59.5 Å². The van der Waals surface area contributed by atoms with E-state index >= 15 is 0 Å². The van der Waals surface area contributed by atoms with E-state index in [2.05, 4.69) is 4.72 Å². The van der Waals surface area contributed by atoms with Gasteiger partial charge in [0.25, 0.3) is 0 Å². The topological polar surface area (TPSA) is 70.0 Å². The lowest BCUT2D eigenvalue weighted by Crippen LogP contribution is -2.27. The molecule has 0 heterocycles. The van der Waals surface area contributed by atoms with Crippen LogP contribution < -0.4 is 4.72 Å². The first kappa shape index (κ1) is 15.2. The molecular weight excluding hydrogens is 284 g/mol. The highest BCUT2D eigenvalue weighted by Gasteiger charge is 2.15. The summed E-state index contributed by atoms with van der Waals surface area (Å²) in [6, 6.07) is 17.6. The molecule has 0 bridgehead atoms. The molecule has 0 saturated carbocycles. The van der Waals surface area contributed by atoms with Gasteiger partial charge >= 0.3 is 0 Å². The summed E-state index contributed by atoms with van der Waals surface area (Å²) in [6.07, 6.45) is 0. The number of benzene rings is 2. The van der Waals surface area contributed by atoms with Crippen LogP contribution in [0.25, 0.3) is 0 Å². The summed E-state index contributed by atoms with van der Waals surface area (Å²) in [5.41, 5.74) is 1.52. The van der Waals surface area contributed by atoms with Crippen LogP contribution in [0, 0.1) is 11.3 Å². The largest absolute Gasteiger partial charge is 0.240 e. The van der Waals surface area contributed by atoms with E-state index in [1.165, 1.54) is 24.3 Å². The molecule has 0 aliphatic carbocycles. The Kier molecular flexibility index (Phi) is 4.73. The van der Waals surface area contributed by atoms with Crippen molar-refractivity contribution in [3.63, 3.8) is 0 Å². The van der Waals surface area contributed by atoms with Crippen LogP contribution in [-0.2, 0) is 10.0 Å². The molecule has 0 spiro atoms. The van der Waals surface area contributed by atoms with Gasteiger partial charge in [-0.2, -0.15) is 5.26 Å². The standard InChI is InChI=1S/C16H16N2O2S/c1-13(15-5-3-2-4-6-15)12-18-21(19,20)16-9-7-14(11-17)8-10-16/h2-10,13,18H,12H2,1H3. The Morgan fingerprint density at radius 1 is 1.10 bits per heavy atom. The van der Waals surface area contributed by atoms with Crippen LogP contribution in [-0.4, -0.2) is 15.0 Å². The van der Waals surface area contributed by atoms with E-state index in [0.717, 1.165) is 5.56 Å². The fraction of sp³-hybridized carbons (Fsp3) is 0.188. The fourth-order valence-corrected chi connectivity index (χ4v) is 3.06. The van der Waals surface area contributed by atoms with Crippen LogP contribution >= 0.6 is 0 Å². The lowest BCUT2D eigenvalue weighted by molar-refractivity contribution is 0.575. The summed E-state index contributed by atoms with van der Waals surface area (Å²) in [7, 11) is -3.55. The normalized spacial score (nSPS) is 12.6. The van der Waals surface area contributed by atoms with Crippen molar-refractivity contribution >= 4 is 10.0 Å². The predicted molar refractivity (Wildman–Crippen MR) is 81.2 cm³/mol. The van der Waals surface area contributed by atoms with E-state index in [-0.39, 0.29) is 10.8 Å². The molecule has 1 N–H and O–H groups in total. The highest BCUT2D eigenvalue weighted by molar-refractivity contribution is 7.89. The van der Waals surface area contributed by atoms with E-state index in [1.54, 1.807) is 0 Å². The molecule has 0 fully saturated rings. The maximum absolute atomic E-state index is 12.2. The molecule has 2 aromatic rings. The number of hydrogen-bond donors (Lipinski definition) is 1. The number of nitrogens with zero attached hydrogens (tertiary/aromatic N) is 1. The summed E-state index contributed by atoms with van der Waals surface area (Å²) < 4.78 is 26.9. The first-order valence-corrected chi connectivity index (χ1v) is 8.06. The van der Waals surface area contributed by atoms with Crippen LogP contribution in [0.1, 0.15) is 24.0 Å². The summed E-state index contributed by atoms with van der Waals surface area (Å²) >= 11 is 0. The van der Waals surface area contributed by atoms with Crippen molar-refractivity contribution in [2.24, 2.45) is 0 Å². The van der Waals surface area contributed by atoms with Crippen LogP contribution in [0.2, 0.25) is 0 Å². The van der Waals surface area contributed by atoms with Crippen molar-refractivity contribution in [1.82, 2.24) is 4.72 Å². The van der Waals surface area contributed by atoms with E-state index in [1.807, 2.05) is 43.3 Å². The van der Waals surface area contributed by atoms with Crippen LogP contribution in [0.3, 0.4) is 0 Å². The summed E-state index contributed by atoms with van der Waals surface area (Å²) in [5.74, 6) is 0.0827. The van der Waals surface area contributed by atoms with Crippen molar-refractivity contribution < 1.29 is 8.42 Å². The molecule has 0 aromatic heterocycles. The zero-order valence-corrected chi connectivity index (χ0v) is 12.5. The zero-order valence-electron chi connectivity index (χ0n) is 11.7. The molecule has 2 rings (SSSR count). The van der Waals surface area contributed by atoms with Gasteiger partial charge in [0.2, 0.25) is 10.0 Å². The smallest absolute Gasteiger partial charge is 0.211 e. The minimum absolute atomic E-state index is 0.0827.